The van der Waals surface area contributed by atoms with Crippen molar-refractivity contribution >= 4 is 5.78 Å². The molecule has 0 bridgehead atoms. The Morgan fingerprint density at radius 3 is 1.10 bits per heavy atom. The van der Waals surface area contributed by atoms with Crippen molar-refractivity contribution < 1.29 is 14.3 Å². The number of para-hydroxylation sites is 2. The molecule has 3 nitrogen and oxygen atoms in total. The summed E-state index contributed by atoms with van der Waals surface area (Å²) in [5.41, 5.74) is 9.33. The van der Waals surface area contributed by atoms with Gasteiger partial charge in [-0.15, -0.1) is 0 Å². The van der Waals surface area contributed by atoms with Gasteiger partial charge in [0.25, 0.3) is 0 Å². The van der Waals surface area contributed by atoms with E-state index in [0.717, 1.165) is 67.5 Å². The lowest BCUT2D eigenvalue weighted by Crippen LogP contribution is -2.03. The third-order valence-electron chi connectivity index (χ3n) is 7.71. The second-order valence-corrected chi connectivity index (χ2v) is 10.0. The monoisotopic (exact) mass is 514 g/mol. The predicted octanol–water partition coefficient (Wildman–Crippen LogP) is 9.80. The zero-order chi connectivity index (χ0) is 26.6. The van der Waals surface area contributed by atoms with Gasteiger partial charge in [0.2, 0.25) is 0 Å². The first kappa shape index (κ1) is 22.6. The molecule has 0 aliphatic carbocycles. The summed E-state index contributed by atoms with van der Waals surface area (Å²) in [6.45, 7) is 0. The maximum absolute atomic E-state index is 14.0. The van der Waals surface area contributed by atoms with Crippen molar-refractivity contribution in [3.8, 4) is 67.5 Å². The van der Waals surface area contributed by atoms with E-state index in [1.807, 2.05) is 97.1 Å². The fraction of sp³-hybridized carbons (Fsp3) is 0. The predicted molar refractivity (Wildman–Crippen MR) is 158 cm³/mol. The van der Waals surface area contributed by atoms with E-state index in [1.165, 1.54) is 0 Å². The molecule has 40 heavy (non-hydrogen) atoms. The second kappa shape index (κ2) is 8.82. The van der Waals surface area contributed by atoms with Crippen LogP contribution in [0.1, 0.15) is 15.9 Å². The summed E-state index contributed by atoms with van der Waals surface area (Å²) in [5.74, 6) is 3.02. The number of fused-ring (bicyclic) bond motifs is 10. The average Bonchev–Trinajstić information content (AvgIpc) is 3.25. The molecule has 2 heterocycles. The fourth-order valence-electron chi connectivity index (χ4n) is 5.81. The van der Waals surface area contributed by atoms with Gasteiger partial charge >= 0.3 is 0 Å². The molecule has 0 saturated carbocycles. The first-order valence-corrected chi connectivity index (χ1v) is 13.3. The average molecular weight is 515 g/mol. The molecule has 0 atom stereocenters. The molecule has 188 valence electrons. The standard InChI is InChI=1S/C37H22O3/c38-37(23-17-19-35-31(21-23)27-11-3-1-9-25(27)29-13-5-7-15-33(29)39-35)24-18-20-36-32(22-24)28-12-4-2-10-26(28)30-14-6-8-16-34(30)40-36/h1-22H. The van der Waals surface area contributed by atoms with E-state index in [1.54, 1.807) is 0 Å². The molecule has 0 aromatic heterocycles. The van der Waals surface area contributed by atoms with Crippen LogP contribution in [0.2, 0.25) is 0 Å². The van der Waals surface area contributed by atoms with Gasteiger partial charge in [-0.3, -0.25) is 4.79 Å². The maximum atomic E-state index is 14.0. The van der Waals surface area contributed by atoms with Gasteiger partial charge < -0.3 is 9.47 Å². The Morgan fingerprint density at radius 1 is 0.350 bits per heavy atom. The van der Waals surface area contributed by atoms with Gasteiger partial charge in [0.15, 0.2) is 5.78 Å². The van der Waals surface area contributed by atoms with Crippen LogP contribution in [-0.4, -0.2) is 5.78 Å². The van der Waals surface area contributed by atoms with Crippen molar-refractivity contribution in [2.45, 2.75) is 0 Å². The summed E-state index contributed by atoms with van der Waals surface area (Å²) >= 11 is 0. The maximum Gasteiger partial charge on any atom is 0.193 e. The number of ether oxygens (including phenoxy) is 2. The highest BCUT2D eigenvalue weighted by molar-refractivity contribution is 6.11. The van der Waals surface area contributed by atoms with E-state index in [9.17, 15) is 4.79 Å². The van der Waals surface area contributed by atoms with Crippen LogP contribution in [0.3, 0.4) is 0 Å². The van der Waals surface area contributed by atoms with Crippen LogP contribution in [0.15, 0.2) is 133 Å². The van der Waals surface area contributed by atoms with Crippen LogP contribution in [0.25, 0.3) is 44.5 Å². The Morgan fingerprint density at radius 2 is 0.675 bits per heavy atom. The van der Waals surface area contributed by atoms with Crippen molar-refractivity contribution in [1.29, 1.82) is 0 Å². The van der Waals surface area contributed by atoms with Crippen LogP contribution in [0, 0.1) is 0 Å². The zero-order valence-electron chi connectivity index (χ0n) is 21.4. The summed E-state index contributed by atoms with van der Waals surface area (Å²) in [6.07, 6.45) is 0. The lowest BCUT2D eigenvalue weighted by Gasteiger charge is -2.13. The highest BCUT2D eigenvalue weighted by atomic mass is 16.5. The van der Waals surface area contributed by atoms with E-state index >= 15 is 0 Å². The van der Waals surface area contributed by atoms with Crippen LogP contribution in [0.5, 0.6) is 23.0 Å². The number of rotatable bonds is 2. The van der Waals surface area contributed by atoms with Crippen LogP contribution >= 0.6 is 0 Å². The molecule has 0 fully saturated rings. The molecular formula is C37H22O3. The molecule has 6 aromatic rings. The van der Waals surface area contributed by atoms with Gasteiger partial charge in [0.05, 0.1) is 0 Å². The summed E-state index contributed by atoms with van der Waals surface area (Å²) in [5, 5.41) is 0. The van der Waals surface area contributed by atoms with E-state index in [0.29, 0.717) is 11.1 Å². The molecule has 0 saturated heterocycles. The first-order valence-electron chi connectivity index (χ1n) is 13.3. The number of carbonyl (C=O) groups is 1. The van der Waals surface area contributed by atoms with Crippen molar-refractivity contribution in [2.24, 2.45) is 0 Å². The SMILES string of the molecule is O=C(c1ccc2c(c1)-c1ccccc1-c1ccccc1O2)c1ccc2c(c1)-c1ccccc1-c1ccccc1O2. The van der Waals surface area contributed by atoms with E-state index in [-0.39, 0.29) is 5.78 Å². The second-order valence-electron chi connectivity index (χ2n) is 10.0. The highest BCUT2D eigenvalue weighted by Crippen LogP contribution is 2.48. The van der Waals surface area contributed by atoms with E-state index in [2.05, 4.69) is 36.4 Å². The molecule has 3 heteroatoms. The summed E-state index contributed by atoms with van der Waals surface area (Å²) in [4.78, 5) is 14.0. The Bertz CT molecular complexity index is 1840. The lowest BCUT2D eigenvalue weighted by molar-refractivity contribution is 0.103. The van der Waals surface area contributed by atoms with Gasteiger partial charge in [-0.25, -0.2) is 0 Å². The first-order chi connectivity index (χ1) is 19.7. The third kappa shape index (κ3) is 3.49. The largest absolute Gasteiger partial charge is 0.456 e. The molecular weight excluding hydrogens is 492 g/mol. The number of carbonyl (C=O) groups excluding carboxylic acids is 1. The van der Waals surface area contributed by atoms with Crippen molar-refractivity contribution in [1.82, 2.24) is 0 Å². The normalized spacial score (nSPS) is 12.0. The lowest BCUT2D eigenvalue weighted by atomic mass is 9.91. The Labute approximate surface area is 231 Å². The fourth-order valence-corrected chi connectivity index (χ4v) is 5.81. The van der Waals surface area contributed by atoms with Gasteiger partial charge in [-0.1, -0.05) is 84.9 Å². The van der Waals surface area contributed by atoms with Crippen LogP contribution in [-0.2, 0) is 0 Å². The minimum Gasteiger partial charge on any atom is -0.456 e. The Balaban J connectivity index is 1.24. The molecule has 6 aromatic carbocycles. The highest BCUT2D eigenvalue weighted by Gasteiger charge is 2.24. The van der Waals surface area contributed by atoms with Crippen LogP contribution < -0.4 is 9.47 Å². The molecule has 0 amide bonds. The van der Waals surface area contributed by atoms with Gasteiger partial charge in [-0.2, -0.15) is 0 Å². The summed E-state index contributed by atoms with van der Waals surface area (Å²) in [7, 11) is 0. The van der Waals surface area contributed by atoms with Crippen LogP contribution in [0.4, 0.5) is 0 Å². The summed E-state index contributed by atoms with van der Waals surface area (Å²) in [6, 6.07) is 44.0. The van der Waals surface area contributed by atoms with Gasteiger partial charge in [-0.05, 0) is 70.8 Å². The number of benzene rings is 6. The molecule has 0 N–H and O–H groups in total. The minimum atomic E-state index is -0.0518. The topological polar surface area (TPSA) is 35.5 Å². The molecule has 0 radical (unpaired) electrons. The van der Waals surface area contributed by atoms with E-state index < -0.39 is 0 Å². The van der Waals surface area contributed by atoms with E-state index in [4.69, 9.17) is 9.47 Å². The molecule has 8 rings (SSSR count). The van der Waals surface area contributed by atoms with Gasteiger partial charge in [0, 0.05) is 33.4 Å². The van der Waals surface area contributed by atoms with Crippen molar-refractivity contribution in [3.63, 3.8) is 0 Å². The zero-order valence-corrected chi connectivity index (χ0v) is 21.4. The summed E-state index contributed by atoms with van der Waals surface area (Å²) < 4.78 is 12.7. The number of ketones is 1. The number of hydrogen-bond acceptors (Lipinski definition) is 3. The molecule has 2 aliphatic rings. The minimum absolute atomic E-state index is 0.0518. The quantitative estimate of drug-likeness (QED) is 0.215. The van der Waals surface area contributed by atoms with Gasteiger partial charge in [0.1, 0.15) is 23.0 Å². The molecule has 2 aliphatic heterocycles. The molecule has 0 spiro atoms. The van der Waals surface area contributed by atoms with Crippen molar-refractivity contribution in [2.75, 3.05) is 0 Å². The Hall–Kier alpha value is -5.41. The number of hydrogen-bond donors (Lipinski definition) is 0. The Kier molecular flexibility index (Phi) is 4.98. The molecule has 0 unspecified atom stereocenters. The third-order valence-corrected chi connectivity index (χ3v) is 7.71. The van der Waals surface area contributed by atoms with Crippen molar-refractivity contribution in [3.05, 3.63) is 145 Å². The smallest absolute Gasteiger partial charge is 0.193 e.